The van der Waals surface area contributed by atoms with Crippen molar-refractivity contribution in [2.45, 2.75) is 25.5 Å². The second kappa shape index (κ2) is 8.46. The van der Waals surface area contributed by atoms with Crippen molar-refractivity contribution in [1.82, 2.24) is 9.55 Å². The fourth-order valence-corrected chi connectivity index (χ4v) is 4.71. The number of nitrogens with one attached hydrogen (secondary N) is 1. The van der Waals surface area contributed by atoms with E-state index < -0.39 is 5.82 Å². The Morgan fingerprint density at radius 2 is 2.21 bits per heavy atom. The van der Waals surface area contributed by atoms with Gasteiger partial charge >= 0.3 is 0 Å². The number of carbonyl (C=O) groups excluding carboxylic acids is 1. The van der Waals surface area contributed by atoms with Crippen LogP contribution >= 0.6 is 34.7 Å². The predicted octanol–water partition coefficient (Wildman–Crippen LogP) is 4.78. The van der Waals surface area contributed by atoms with E-state index in [0.29, 0.717) is 27.6 Å². The molecule has 0 bridgehead atoms. The minimum absolute atomic E-state index is 0.0200. The molecule has 2 heterocycles. The number of anilines is 1. The van der Waals surface area contributed by atoms with Gasteiger partial charge in [-0.2, -0.15) is 0 Å². The van der Waals surface area contributed by atoms with Crippen molar-refractivity contribution >= 4 is 56.5 Å². The first kappa shape index (κ1) is 20.6. The Hall–Kier alpha value is -2.16. The average molecular weight is 438 g/mol. The molecule has 146 valence electrons. The average Bonchev–Trinajstić information content (AvgIpc) is 2.92. The number of thiophene rings is 1. The van der Waals surface area contributed by atoms with Crippen LogP contribution in [0.4, 0.5) is 10.1 Å². The number of carbonyl (C=O) groups is 1. The fraction of sp³-hybridized carbons (Fsp3) is 0.211. The highest BCUT2D eigenvalue weighted by Crippen LogP contribution is 2.28. The summed E-state index contributed by atoms with van der Waals surface area (Å²) in [5, 5.41) is 3.80. The van der Waals surface area contributed by atoms with Gasteiger partial charge in [-0.25, -0.2) is 9.37 Å². The first-order valence-corrected chi connectivity index (χ1v) is 10.5. The summed E-state index contributed by atoms with van der Waals surface area (Å²) in [5.41, 5.74) is 1.11. The number of benzene rings is 1. The normalized spacial score (nSPS) is 11.0. The lowest BCUT2D eigenvalue weighted by Crippen LogP contribution is -2.23. The minimum atomic E-state index is -0.482. The fourth-order valence-electron chi connectivity index (χ4n) is 2.62. The molecule has 2 aromatic heterocycles. The van der Waals surface area contributed by atoms with Crippen LogP contribution in [0.2, 0.25) is 5.02 Å². The topological polar surface area (TPSA) is 64.0 Å². The van der Waals surface area contributed by atoms with Gasteiger partial charge in [0.15, 0.2) is 5.16 Å². The zero-order chi connectivity index (χ0) is 20.4. The van der Waals surface area contributed by atoms with Crippen LogP contribution in [0.3, 0.4) is 0 Å². The van der Waals surface area contributed by atoms with Crippen LogP contribution in [-0.2, 0) is 11.3 Å². The quantitative estimate of drug-likeness (QED) is 0.342. The Morgan fingerprint density at radius 3 is 2.89 bits per heavy atom. The van der Waals surface area contributed by atoms with Crippen LogP contribution in [0.5, 0.6) is 0 Å². The molecule has 3 aromatic rings. The summed E-state index contributed by atoms with van der Waals surface area (Å²) in [6, 6.07) is 3.74. The second-order valence-corrected chi connectivity index (χ2v) is 8.58. The van der Waals surface area contributed by atoms with Crippen molar-refractivity contribution in [2.75, 3.05) is 11.1 Å². The van der Waals surface area contributed by atoms with Gasteiger partial charge in [0, 0.05) is 11.4 Å². The molecule has 3 rings (SSSR count). The van der Waals surface area contributed by atoms with E-state index in [2.05, 4.69) is 16.9 Å². The molecule has 1 aromatic carbocycles. The van der Waals surface area contributed by atoms with Gasteiger partial charge in [-0.15, -0.1) is 17.9 Å². The van der Waals surface area contributed by atoms with Crippen LogP contribution in [0.1, 0.15) is 10.4 Å². The third-order valence-corrected chi connectivity index (χ3v) is 6.49. The van der Waals surface area contributed by atoms with E-state index in [4.69, 9.17) is 11.6 Å². The Balaban J connectivity index is 1.85. The van der Waals surface area contributed by atoms with Crippen LogP contribution in [-0.4, -0.2) is 21.2 Å². The van der Waals surface area contributed by atoms with Crippen LogP contribution in [0.15, 0.2) is 40.8 Å². The third kappa shape index (κ3) is 4.14. The number of nitrogens with zero attached hydrogens (tertiary/aromatic N) is 2. The van der Waals surface area contributed by atoms with Gasteiger partial charge in [0.1, 0.15) is 10.6 Å². The van der Waals surface area contributed by atoms with Gasteiger partial charge in [0.05, 0.1) is 21.8 Å². The summed E-state index contributed by atoms with van der Waals surface area (Å²) < 4.78 is 14.6. The van der Waals surface area contributed by atoms with Gasteiger partial charge in [0.25, 0.3) is 5.56 Å². The van der Waals surface area contributed by atoms with Crippen molar-refractivity contribution < 1.29 is 9.18 Å². The van der Waals surface area contributed by atoms with Crippen LogP contribution in [0.25, 0.3) is 10.2 Å². The van der Waals surface area contributed by atoms with E-state index in [9.17, 15) is 14.0 Å². The van der Waals surface area contributed by atoms with Crippen LogP contribution in [0, 0.1) is 19.7 Å². The molecule has 0 aliphatic carbocycles. The Kier molecular flexibility index (Phi) is 6.22. The summed E-state index contributed by atoms with van der Waals surface area (Å²) in [7, 11) is 0. The third-order valence-electron chi connectivity index (χ3n) is 4.10. The Bertz CT molecular complexity index is 1140. The highest BCUT2D eigenvalue weighted by molar-refractivity contribution is 7.99. The standard InChI is InChI=1S/C19H17ClFN3O2S2/c1-4-7-24-18(26)16-10(2)11(3)28-17(16)23-19(24)27-9-15(25)22-14-6-5-12(21)8-13(14)20/h4-6,8H,1,7,9H2,2-3H3,(H,22,25). The number of rotatable bonds is 6. The molecule has 0 aliphatic rings. The molecule has 0 saturated carbocycles. The molecule has 0 radical (unpaired) electrons. The SMILES string of the molecule is C=CCn1c(SCC(=O)Nc2ccc(F)cc2Cl)nc2sc(C)c(C)c2c1=O. The van der Waals surface area contributed by atoms with Crippen molar-refractivity contribution in [3.63, 3.8) is 0 Å². The lowest BCUT2D eigenvalue weighted by Gasteiger charge is -2.11. The van der Waals surface area contributed by atoms with E-state index in [1.54, 1.807) is 6.08 Å². The molecule has 5 nitrogen and oxygen atoms in total. The number of hydrogen-bond acceptors (Lipinski definition) is 5. The lowest BCUT2D eigenvalue weighted by molar-refractivity contribution is -0.113. The maximum atomic E-state index is 13.1. The number of aryl methyl sites for hydroxylation is 2. The van der Waals surface area contributed by atoms with Gasteiger partial charge in [0.2, 0.25) is 5.91 Å². The summed E-state index contributed by atoms with van der Waals surface area (Å²) >= 11 is 8.54. The van der Waals surface area contributed by atoms with Crippen molar-refractivity contribution in [3.05, 3.63) is 62.5 Å². The maximum Gasteiger partial charge on any atom is 0.263 e. The van der Waals surface area contributed by atoms with Crippen molar-refractivity contribution in [3.8, 4) is 0 Å². The van der Waals surface area contributed by atoms with Crippen molar-refractivity contribution in [1.29, 1.82) is 0 Å². The number of thioether (sulfide) groups is 1. The zero-order valence-corrected chi connectivity index (χ0v) is 17.6. The van der Waals surface area contributed by atoms with E-state index in [1.165, 1.54) is 28.0 Å². The zero-order valence-electron chi connectivity index (χ0n) is 15.2. The molecule has 0 atom stereocenters. The molecule has 0 fully saturated rings. The van der Waals surface area contributed by atoms with E-state index in [1.807, 2.05) is 13.8 Å². The Labute approximate surface area is 174 Å². The summed E-state index contributed by atoms with van der Waals surface area (Å²) in [6.07, 6.45) is 1.62. The molecule has 28 heavy (non-hydrogen) atoms. The van der Waals surface area contributed by atoms with Crippen LogP contribution < -0.4 is 10.9 Å². The number of fused-ring (bicyclic) bond motifs is 1. The molecule has 1 amide bonds. The molecule has 0 saturated heterocycles. The summed E-state index contributed by atoms with van der Waals surface area (Å²) in [6.45, 7) is 7.85. The number of hydrogen-bond donors (Lipinski definition) is 1. The molecule has 0 unspecified atom stereocenters. The summed E-state index contributed by atoms with van der Waals surface area (Å²) in [5.74, 6) is -0.798. The largest absolute Gasteiger partial charge is 0.324 e. The number of allylic oxidation sites excluding steroid dienone is 1. The maximum absolute atomic E-state index is 13.1. The highest BCUT2D eigenvalue weighted by atomic mass is 35.5. The Morgan fingerprint density at radius 1 is 1.46 bits per heavy atom. The molecular formula is C19H17ClFN3O2S2. The van der Waals surface area contributed by atoms with Gasteiger partial charge in [-0.1, -0.05) is 29.4 Å². The smallest absolute Gasteiger partial charge is 0.263 e. The number of amides is 1. The van der Waals surface area contributed by atoms with Gasteiger partial charge < -0.3 is 5.32 Å². The first-order valence-electron chi connectivity index (χ1n) is 8.31. The number of aromatic nitrogens is 2. The summed E-state index contributed by atoms with van der Waals surface area (Å²) in [4.78, 5) is 31.5. The molecule has 0 aliphatic heterocycles. The minimum Gasteiger partial charge on any atom is -0.324 e. The molecule has 0 spiro atoms. The first-order chi connectivity index (χ1) is 13.3. The second-order valence-electron chi connectivity index (χ2n) is 6.02. The monoisotopic (exact) mass is 437 g/mol. The predicted molar refractivity (Wildman–Crippen MR) is 114 cm³/mol. The van der Waals surface area contributed by atoms with Gasteiger partial charge in [-0.05, 0) is 37.6 Å². The van der Waals surface area contributed by atoms with E-state index in [0.717, 1.165) is 28.3 Å². The van der Waals surface area contributed by atoms with Gasteiger partial charge in [-0.3, -0.25) is 14.2 Å². The molecule has 9 heteroatoms. The van der Waals surface area contributed by atoms with E-state index >= 15 is 0 Å². The lowest BCUT2D eigenvalue weighted by atomic mass is 10.2. The molecule has 1 N–H and O–H groups in total. The number of halogens is 2. The highest BCUT2D eigenvalue weighted by Gasteiger charge is 2.17. The molecular weight excluding hydrogens is 421 g/mol. The van der Waals surface area contributed by atoms with E-state index in [-0.39, 0.29) is 22.2 Å². The van der Waals surface area contributed by atoms with Crippen molar-refractivity contribution in [2.24, 2.45) is 0 Å².